The Hall–Kier alpha value is -1.43. The Bertz CT molecular complexity index is 419. The van der Waals surface area contributed by atoms with Crippen molar-refractivity contribution in [1.29, 1.82) is 0 Å². The summed E-state index contributed by atoms with van der Waals surface area (Å²) < 4.78 is 0.682. The van der Waals surface area contributed by atoms with Crippen molar-refractivity contribution in [3.63, 3.8) is 0 Å². The minimum Gasteiger partial charge on any atom is -0.354 e. The van der Waals surface area contributed by atoms with E-state index in [4.69, 9.17) is 0 Å². The highest BCUT2D eigenvalue weighted by molar-refractivity contribution is 9.10. The van der Waals surface area contributed by atoms with E-state index in [-0.39, 0.29) is 17.9 Å². The van der Waals surface area contributed by atoms with Crippen LogP contribution in [0.1, 0.15) is 16.8 Å². The van der Waals surface area contributed by atoms with Crippen LogP contribution in [0, 0.1) is 0 Å². The number of carbonyl (C=O) groups is 2. The molecule has 1 aromatic rings. The van der Waals surface area contributed by atoms with Gasteiger partial charge in [-0.25, -0.2) is 4.98 Å². The van der Waals surface area contributed by atoms with Gasteiger partial charge in [0.05, 0.1) is 11.6 Å². The molecule has 1 atom stereocenters. The molecule has 2 heterocycles. The lowest BCUT2D eigenvalue weighted by molar-refractivity contribution is -0.119. The summed E-state index contributed by atoms with van der Waals surface area (Å²) in [5, 5.41) is 5.43. The van der Waals surface area contributed by atoms with Gasteiger partial charge in [0, 0.05) is 19.2 Å². The maximum atomic E-state index is 11.7. The molecule has 2 amide bonds. The summed E-state index contributed by atoms with van der Waals surface area (Å²) in [6, 6.07) is 3.26. The highest BCUT2D eigenvalue weighted by Crippen LogP contribution is 2.07. The Labute approximate surface area is 101 Å². The largest absolute Gasteiger partial charge is 0.354 e. The van der Waals surface area contributed by atoms with Crippen LogP contribution in [0.25, 0.3) is 0 Å². The monoisotopic (exact) mass is 283 g/mol. The molecule has 1 unspecified atom stereocenters. The molecule has 2 N–H and O–H groups in total. The molecule has 5 nitrogen and oxygen atoms in total. The zero-order chi connectivity index (χ0) is 11.5. The number of hydrogen-bond donors (Lipinski definition) is 2. The lowest BCUT2D eigenvalue weighted by Gasteiger charge is -2.09. The number of carbonyl (C=O) groups excluding carboxylic acids is 2. The molecule has 1 saturated heterocycles. The van der Waals surface area contributed by atoms with Crippen molar-refractivity contribution in [2.45, 2.75) is 12.5 Å². The molecular weight excluding hydrogens is 274 g/mol. The minimum absolute atomic E-state index is 0.0285. The first-order valence-electron chi connectivity index (χ1n) is 4.84. The Morgan fingerprint density at radius 2 is 2.38 bits per heavy atom. The second kappa shape index (κ2) is 4.61. The van der Waals surface area contributed by atoms with Crippen molar-refractivity contribution in [2.24, 2.45) is 0 Å². The average molecular weight is 284 g/mol. The topological polar surface area (TPSA) is 71.1 Å². The number of halogens is 1. The Balaban J connectivity index is 1.98. The lowest BCUT2D eigenvalue weighted by atomic mass is 10.2. The van der Waals surface area contributed by atoms with Crippen LogP contribution in [-0.4, -0.2) is 29.4 Å². The second-order valence-corrected chi connectivity index (χ2v) is 4.36. The molecule has 1 aliphatic rings. The molecule has 6 heteroatoms. The van der Waals surface area contributed by atoms with E-state index in [0.29, 0.717) is 23.1 Å². The quantitative estimate of drug-likeness (QED) is 0.775. The fourth-order valence-corrected chi connectivity index (χ4v) is 1.72. The number of amides is 2. The van der Waals surface area contributed by atoms with Crippen LogP contribution < -0.4 is 10.6 Å². The van der Waals surface area contributed by atoms with Gasteiger partial charge in [0.2, 0.25) is 5.91 Å². The molecule has 84 valence electrons. The molecule has 0 bridgehead atoms. The van der Waals surface area contributed by atoms with Crippen LogP contribution >= 0.6 is 15.9 Å². The smallest absolute Gasteiger partial charge is 0.253 e. The van der Waals surface area contributed by atoms with E-state index >= 15 is 0 Å². The van der Waals surface area contributed by atoms with Gasteiger partial charge in [-0.05, 0) is 28.1 Å². The number of nitrogens with one attached hydrogen (secondary N) is 2. The van der Waals surface area contributed by atoms with Gasteiger partial charge in [0.15, 0.2) is 0 Å². The molecule has 2 rings (SSSR count). The third kappa shape index (κ3) is 2.57. The van der Waals surface area contributed by atoms with Gasteiger partial charge in [-0.3, -0.25) is 9.59 Å². The number of pyridine rings is 1. The number of aromatic nitrogens is 1. The third-order valence-corrected chi connectivity index (χ3v) is 2.77. The van der Waals surface area contributed by atoms with E-state index in [1.807, 2.05) is 0 Å². The standard InChI is InChI=1S/C10H10BrN3O2/c11-8-2-1-6(4-12-8)10(16)14-7-3-9(15)13-5-7/h1-2,4,7H,3,5H2,(H,13,15)(H,14,16). The van der Waals surface area contributed by atoms with Gasteiger partial charge >= 0.3 is 0 Å². The summed E-state index contributed by atoms with van der Waals surface area (Å²) in [5.41, 5.74) is 0.488. The Morgan fingerprint density at radius 1 is 1.56 bits per heavy atom. The van der Waals surface area contributed by atoms with Gasteiger partial charge < -0.3 is 10.6 Å². The van der Waals surface area contributed by atoms with Crippen LogP contribution in [0.3, 0.4) is 0 Å². The molecule has 0 radical (unpaired) electrons. The van der Waals surface area contributed by atoms with Crippen molar-refractivity contribution in [1.82, 2.24) is 15.6 Å². The molecule has 16 heavy (non-hydrogen) atoms. The predicted molar refractivity (Wildman–Crippen MR) is 60.8 cm³/mol. The maximum absolute atomic E-state index is 11.7. The van der Waals surface area contributed by atoms with Crippen molar-refractivity contribution in [3.05, 3.63) is 28.5 Å². The zero-order valence-electron chi connectivity index (χ0n) is 8.37. The number of rotatable bonds is 2. The van der Waals surface area contributed by atoms with Crippen molar-refractivity contribution < 1.29 is 9.59 Å². The zero-order valence-corrected chi connectivity index (χ0v) is 9.95. The van der Waals surface area contributed by atoms with Gasteiger partial charge in [0.25, 0.3) is 5.91 Å². The fraction of sp³-hybridized carbons (Fsp3) is 0.300. The van der Waals surface area contributed by atoms with E-state index in [2.05, 4.69) is 31.5 Å². The van der Waals surface area contributed by atoms with Gasteiger partial charge in [-0.2, -0.15) is 0 Å². The highest BCUT2D eigenvalue weighted by atomic mass is 79.9. The van der Waals surface area contributed by atoms with Crippen LogP contribution in [0.15, 0.2) is 22.9 Å². The summed E-state index contributed by atoms with van der Waals surface area (Å²) in [6.07, 6.45) is 1.83. The van der Waals surface area contributed by atoms with Crippen molar-refractivity contribution >= 4 is 27.7 Å². The SMILES string of the molecule is O=C1CC(NC(=O)c2ccc(Br)nc2)CN1. The predicted octanol–water partition coefficient (Wildman–Crippen LogP) is 0.462. The summed E-state index contributed by atoms with van der Waals surface area (Å²) in [5.74, 6) is -0.235. The summed E-state index contributed by atoms with van der Waals surface area (Å²) in [7, 11) is 0. The van der Waals surface area contributed by atoms with Crippen LogP contribution in [0.2, 0.25) is 0 Å². The lowest BCUT2D eigenvalue weighted by Crippen LogP contribution is -2.36. The molecule has 0 saturated carbocycles. The van der Waals surface area contributed by atoms with Crippen LogP contribution in [-0.2, 0) is 4.79 Å². The third-order valence-electron chi connectivity index (χ3n) is 2.30. The molecular formula is C10H10BrN3O2. The molecule has 0 aromatic carbocycles. The Morgan fingerprint density at radius 3 is 2.94 bits per heavy atom. The minimum atomic E-state index is -0.207. The summed E-state index contributed by atoms with van der Waals surface area (Å²) in [6.45, 7) is 0.495. The fourth-order valence-electron chi connectivity index (χ4n) is 1.49. The first-order valence-corrected chi connectivity index (χ1v) is 5.63. The van der Waals surface area contributed by atoms with Gasteiger partial charge in [0.1, 0.15) is 4.60 Å². The average Bonchev–Trinajstić information content (AvgIpc) is 2.65. The summed E-state index contributed by atoms with van der Waals surface area (Å²) in [4.78, 5) is 26.6. The van der Waals surface area contributed by atoms with Crippen molar-refractivity contribution in [3.8, 4) is 0 Å². The van der Waals surface area contributed by atoms with E-state index in [0.717, 1.165) is 0 Å². The Kier molecular flexibility index (Phi) is 3.19. The first kappa shape index (κ1) is 11.1. The molecule has 0 aliphatic carbocycles. The highest BCUT2D eigenvalue weighted by Gasteiger charge is 2.23. The molecule has 1 aliphatic heterocycles. The molecule has 0 spiro atoms. The number of hydrogen-bond acceptors (Lipinski definition) is 3. The van der Waals surface area contributed by atoms with Gasteiger partial charge in [-0.1, -0.05) is 0 Å². The van der Waals surface area contributed by atoms with Crippen molar-refractivity contribution in [2.75, 3.05) is 6.54 Å². The van der Waals surface area contributed by atoms with E-state index in [9.17, 15) is 9.59 Å². The maximum Gasteiger partial charge on any atom is 0.253 e. The summed E-state index contributed by atoms with van der Waals surface area (Å²) >= 11 is 3.19. The van der Waals surface area contributed by atoms with E-state index in [1.54, 1.807) is 12.1 Å². The second-order valence-electron chi connectivity index (χ2n) is 3.55. The normalized spacial score (nSPS) is 19.3. The van der Waals surface area contributed by atoms with E-state index in [1.165, 1.54) is 6.20 Å². The number of nitrogens with zero attached hydrogens (tertiary/aromatic N) is 1. The first-order chi connectivity index (χ1) is 7.65. The van der Waals surface area contributed by atoms with Crippen LogP contribution in [0.4, 0.5) is 0 Å². The molecule has 1 aromatic heterocycles. The molecule has 1 fully saturated rings. The van der Waals surface area contributed by atoms with E-state index < -0.39 is 0 Å². The van der Waals surface area contributed by atoms with Crippen LogP contribution in [0.5, 0.6) is 0 Å². The van der Waals surface area contributed by atoms with Gasteiger partial charge in [-0.15, -0.1) is 0 Å².